The van der Waals surface area contributed by atoms with Gasteiger partial charge < -0.3 is 29.5 Å². The molecule has 8 aliphatic rings. The maximum atomic E-state index is 13.1. The molecule has 4 saturated heterocycles. The van der Waals surface area contributed by atoms with Crippen LogP contribution in [-0.2, 0) is 102 Å². The van der Waals surface area contributed by atoms with E-state index < -0.39 is 33.9 Å². The number of amides is 8. The zero-order valence-corrected chi connectivity index (χ0v) is 82.8. The maximum Gasteiger partial charge on any atom is 0.250 e. The third-order valence-electron chi connectivity index (χ3n) is 28.3. The molecule has 8 aromatic carbocycles. The van der Waals surface area contributed by atoms with Crippen molar-refractivity contribution >= 4 is 64.9 Å². The number of imide groups is 4. The average Bonchev–Trinajstić information content (AvgIpc) is 0.749. The summed E-state index contributed by atoms with van der Waals surface area (Å²) < 4.78 is 11.6. The first-order valence-electron chi connectivity index (χ1n) is 49.9. The molecule has 2 aliphatic carbocycles. The molecule has 0 aromatic heterocycles. The highest BCUT2D eigenvalue weighted by Crippen LogP contribution is 2.46. The number of hydrogen-bond acceptors (Lipinski definition) is 18. The van der Waals surface area contributed by atoms with Crippen molar-refractivity contribution in [3.63, 3.8) is 0 Å². The third kappa shape index (κ3) is 29.7. The van der Waals surface area contributed by atoms with Gasteiger partial charge in [-0.05, 0) is 246 Å². The average molecular weight is 1880 g/mol. The van der Waals surface area contributed by atoms with E-state index in [1.807, 2.05) is 176 Å². The minimum atomic E-state index is -0.756. The van der Waals surface area contributed by atoms with Gasteiger partial charge in [0.25, 0.3) is 0 Å². The van der Waals surface area contributed by atoms with E-state index in [4.69, 9.17) is 9.47 Å². The summed E-state index contributed by atoms with van der Waals surface area (Å²) in [4.78, 5) is 130. The van der Waals surface area contributed by atoms with Gasteiger partial charge in [0.05, 0.1) is 33.9 Å². The number of hydrogen-bond donors (Lipinski definition) is 6. The predicted molar refractivity (Wildman–Crippen MR) is 544 cm³/mol. The van der Waals surface area contributed by atoms with Crippen LogP contribution in [0.15, 0.2) is 249 Å². The number of benzene rings is 8. The fraction of sp³-hybridized carbons (Fsp3) is 0.448. The van der Waals surface area contributed by atoms with Crippen LogP contribution >= 0.6 is 0 Å². The van der Waals surface area contributed by atoms with Gasteiger partial charge >= 0.3 is 0 Å². The lowest BCUT2D eigenvalue weighted by molar-refractivity contribution is -0.141. The van der Waals surface area contributed by atoms with Gasteiger partial charge in [-0.1, -0.05) is 288 Å². The summed E-state index contributed by atoms with van der Waals surface area (Å²) in [5.74, 6) is 0.788. The zero-order chi connectivity index (χ0) is 98.9. The Hall–Kier alpha value is -11.8. The van der Waals surface area contributed by atoms with Crippen LogP contribution in [0.1, 0.15) is 221 Å². The molecule has 16 rings (SSSR count). The molecule has 734 valence electrons. The SMILES string of the molecule is CC(C)(C)CCC(O)COc1cccc2c1C=CC(=O)C2.CC(C)(C)CCC(O)COc1cccc2c1CCC(=O)C2.CCN(CC)CCC1(c2ccccc2)C=CC(=O)NC1=O.CCN(CC)CCC1(c2ccccc2)CCC(=O)NC1=O.O=C1C=CC(c2ccccc2)(C2CCN(Cc3ccccc3)CC2)C(=O)N1.O=C1CCC(c2ccccc2)(C2CCN(Cc3ccccc3)CC2)C(=O)N1. The van der Waals surface area contributed by atoms with Crippen LogP contribution in [0.5, 0.6) is 11.5 Å². The first kappa shape index (κ1) is 107. The Morgan fingerprint density at radius 3 is 1.35 bits per heavy atom. The largest absolute Gasteiger partial charge is 0.491 e. The van der Waals surface area contributed by atoms with Gasteiger partial charge in [0.15, 0.2) is 5.78 Å². The number of likely N-dealkylation sites (tertiary alicyclic amines) is 2. The number of aliphatic hydroxyl groups excluding tert-OH is 2. The minimum absolute atomic E-state index is 0.105. The summed E-state index contributed by atoms with van der Waals surface area (Å²) >= 11 is 0. The van der Waals surface area contributed by atoms with Gasteiger partial charge in [-0.15, -0.1) is 0 Å². The first-order chi connectivity index (χ1) is 66.3. The lowest BCUT2D eigenvalue weighted by atomic mass is 9.62. The van der Waals surface area contributed by atoms with Crippen molar-refractivity contribution in [1.82, 2.24) is 40.9 Å². The molecular weight excluding hydrogens is 1730 g/mol. The molecule has 0 spiro atoms. The van der Waals surface area contributed by atoms with Crippen molar-refractivity contribution in [3.05, 3.63) is 304 Å². The summed E-state index contributed by atoms with van der Waals surface area (Å²) in [5.41, 5.74) is 8.56. The van der Waals surface area contributed by atoms with Gasteiger partial charge in [0.1, 0.15) is 30.5 Å². The van der Waals surface area contributed by atoms with Gasteiger partial charge in [-0.2, -0.15) is 0 Å². The number of carbonyl (C=O) groups excluding carboxylic acids is 10. The molecule has 6 unspecified atom stereocenters. The maximum absolute atomic E-state index is 13.1. The second kappa shape index (κ2) is 51.2. The fourth-order valence-electron chi connectivity index (χ4n) is 20.0. The van der Waals surface area contributed by atoms with Crippen LogP contribution in [0.2, 0.25) is 0 Å². The van der Waals surface area contributed by atoms with E-state index in [2.05, 4.69) is 159 Å². The molecule has 22 nitrogen and oxygen atoms in total. The van der Waals surface area contributed by atoms with Gasteiger partial charge in [-0.3, -0.25) is 79.0 Å². The van der Waals surface area contributed by atoms with Crippen molar-refractivity contribution in [2.75, 3.05) is 78.7 Å². The normalized spacial score (nSPS) is 21.1. The number of piperidine rings is 4. The quantitative estimate of drug-likeness (QED) is 0.0228. The highest BCUT2D eigenvalue weighted by atomic mass is 16.5. The topological polar surface area (TPSA) is 291 Å². The predicted octanol–water partition coefficient (Wildman–Crippen LogP) is 17.0. The summed E-state index contributed by atoms with van der Waals surface area (Å²) in [6.07, 6.45) is 22.0. The second-order valence-electron chi connectivity index (χ2n) is 40.1. The summed E-state index contributed by atoms with van der Waals surface area (Å²) in [6, 6.07) is 72.0. The van der Waals surface area contributed by atoms with E-state index in [-0.39, 0.29) is 82.3 Å². The molecular formula is C116H146N8O14. The van der Waals surface area contributed by atoms with E-state index in [0.717, 1.165) is 199 Å². The Morgan fingerprint density at radius 2 is 0.855 bits per heavy atom. The molecule has 4 fully saturated rings. The Labute approximate surface area is 817 Å². The van der Waals surface area contributed by atoms with Crippen molar-refractivity contribution < 1.29 is 67.6 Å². The van der Waals surface area contributed by atoms with E-state index in [1.165, 1.54) is 23.3 Å². The number of nitrogens with zero attached hydrogens (tertiary/aromatic N) is 4. The number of allylic oxidation sites excluding steroid dienone is 1. The number of ether oxygens (including phenoxy) is 2. The van der Waals surface area contributed by atoms with E-state index in [1.54, 1.807) is 18.2 Å². The molecule has 6 aliphatic heterocycles. The molecule has 22 heteroatoms. The van der Waals surface area contributed by atoms with Crippen LogP contribution in [0.4, 0.5) is 0 Å². The van der Waals surface area contributed by atoms with Crippen molar-refractivity contribution in [3.8, 4) is 11.5 Å². The van der Waals surface area contributed by atoms with Crippen LogP contribution < -0.4 is 30.7 Å². The van der Waals surface area contributed by atoms with Crippen LogP contribution in [0.3, 0.4) is 0 Å². The van der Waals surface area contributed by atoms with Crippen LogP contribution in [0.25, 0.3) is 6.08 Å². The van der Waals surface area contributed by atoms with Gasteiger partial charge in [-0.25, -0.2) is 0 Å². The Bertz CT molecular complexity index is 5430. The molecule has 0 bridgehead atoms. The summed E-state index contributed by atoms with van der Waals surface area (Å²) in [6.45, 7) is 33.4. The Kier molecular flexibility index (Phi) is 39.6. The number of fused-ring (bicyclic) bond motifs is 2. The highest BCUT2D eigenvalue weighted by molar-refractivity contribution is 6.10. The van der Waals surface area contributed by atoms with Crippen molar-refractivity contribution in [2.24, 2.45) is 22.7 Å². The number of aliphatic hydroxyl groups is 2. The molecule has 0 saturated carbocycles. The summed E-state index contributed by atoms with van der Waals surface area (Å²) in [7, 11) is 0. The monoisotopic (exact) mass is 1880 g/mol. The van der Waals surface area contributed by atoms with Crippen molar-refractivity contribution in [2.45, 2.75) is 232 Å². The van der Waals surface area contributed by atoms with E-state index >= 15 is 0 Å². The Balaban J connectivity index is 0.000000159. The highest BCUT2D eigenvalue weighted by Gasteiger charge is 2.52. The molecule has 0 radical (unpaired) electrons. The smallest absolute Gasteiger partial charge is 0.250 e. The van der Waals surface area contributed by atoms with Gasteiger partial charge in [0, 0.05) is 62.9 Å². The van der Waals surface area contributed by atoms with Crippen molar-refractivity contribution in [1.29, 1.82) is 0 Å². The van der Waals surface area contributed by atoms with E-state index in [9.17, 15) is 58.2 Å². The fourth-order valence-corrected chi connectivity index (χ4v) is 20.0. The number of carbonyl (C=O) groups is 10. The first-order valence-corrected chi connectivity index (χ1v) is 49.9. The molecule has 138 heavy (non-hydrogen) atoms. The number of nitrogens with one attached hydrogen (secondary N) is 4. The lowest BCUT2D eigenvalue weighted by Crippen LogP contribution is -2.57. The van der Waals surface area contributed by atoms with E-state index in [0.29, 0.717) is 63.8 Å². The van der Waals surface area contributed by atoms with Crippen LogP contribution in [-0.4, -0.2) is 180 Å². The molecule has 6 atom stereocenters. The summed E-state index contributed by atoms with van der Waals surface area (Å²) in [5, 5.41) is 30.2. The second-order valence-corrected chi connectivity index (χ2v) is 40.1. The number of ketones is 2. The molecule has 6 heterocycles. The minimum Gasteiger partial charge on any atom is -0.491 e. The van der Waals surface area contributed by atoms with Gasteiger partial charge in [0.2, 0.25) is 47.3 Å². The lowest BCUT2D eigenvalue weighted by Gasteiger charge is -2.45. The molecule has 8 aromatic rings. The standard InChI is InChI=1S/C23H26N2O2.C23H24N2O2.C18H26O3.C18H24O3.C17H24N2O2.C17H22N2O2/c2*26-21-11-14-23(22(27)24-21,19-9-5-2-6-10-19)20-12-15-25(16-13-20)17-18-7-3-1-4-8-18;2*1-18(2,3)10-9-15(20)12-21-17-6-4-5-13-11-14(19)7-8-16(13)17;2*1-3-19(4-2)13-12-17(14-8-6-5-7-9-14)11-10-15(20)18-16(17)21/h1-10,20H,11-17H2,(H,24,26,27);1-11,14,20H,12-13,15-17H2,(H,24,26,27);4-6,15,20H,7-12H2,1-3H3;4-8,15,20H,9-12H2,1-3H3;5-9H,3-4,10-13H2,1-2H3,(H,18,20,21);5-11H,3-4,12-13H2,1-2H3,(H,18,20,21). The zero-order valence-electron chi connectivity index (χ0n) is 82.8. The molecule has 6 N–H and O–H groups in total. The number of rotatable bonds is 30. The van der Waals surface area contributed by atoms with Crippen LogP contribution in [0, 0.1) is 22.7 Å². The molecule has 8 amide bonds. The third-order valence-corrected chi connectivity index (χ3v) is 28.3. The Morgan fingerprint density at radius 1 is 0.413 bits per heavy atom. The number of Topliss-reactive ketones (excluding diaryl/α,β-unsaturated/α-hetero) is 1.